The van der Waals surface area contributed by atoms with E-state index < -0.39 is 0 Å². The van der Waals surface area contributed by atoms with Gasteiger partial charge < -0.3 is 4.90 Å². The first kappa shape index (κ1) is 12.5. The third-order valence-electron chi connectivity index (χ3n) is 4.64. The van der Waals surface area contributed by atoms with E-state index in [9.17, 15) is 4.79 Å². The van der Waals surface area contributed by atoms with E-state index in [2.05, 4.69) is 20.2 Å². The quantitative estimate of drug-likeness (QED) is 0.841. The van der Waals surface area contributed by atoms with Gasteiger partial charge in [-0.1, -0.05) is 11.3 Å². The van der Waals surface area contributed by atoms with E-state index in [0.29, 0.717) is 23.8 Å². The minimum absolute atomic E-state index is 0.0696. The van der Waals surface area contributed by atoms with Crippen LogP contribution in [0.4, 0.5) is 0 Å². The zero-order valence-electron chi connectivity index (χ0n) is 11.7. The Kier molecular flexibility index (Phi) is 2.94. The lowest BCUT2D eigenvalue weighted by molar-refractivity contribution is 0.0517. The fourth-order valence-electron chi connectivity index (χ4n) is 3.73. The number of carbonyl (C=O) groups is 1. The topological polar surface area (TPSA) is 63.9 Å². The second kappa shape index (κ2) is 4.95. The molecular weight excluding hydrogens is 266 g/mol. The Morgan fingerprint density at radius 1 is 1.10 bits per heavy atom. The van der Waals surface area contributed by atoms with Crippen LogP contribution in [0, 0.1) is 0 Å². The summed E-state index contributed by atoms with van der Waals surface area (Å²) in [5.41, 5.74) is 0.550. The highest BCUT2D eigenvalue weighted by Gasteiger charge is 2.44. The summed E-state index contributed by atoms with van der Waals surface area (Å²) < 4.78 is 1.94. The van der Waals surface area contributed by atoms with Crippen molar-refractivity contribution < 1.29 is 4.79 Å². The normalized spacial score (nSPS) is 27.8. The van der Waals surface area contributed by atoms with Gasteiger partial charge in [-0.25, -0.2) is 4.68 Å². The molecule has 6 nitrogen and oxygen atoms in total. The number of rotatable bonds is 2. The Hall–Kier alpha value is -2.24. The molecule has 0 saturated carbocycles. The molecule has 2 saturated heterocycles. The number of aromatic nitrogens is 4. The highest BCUT2D eigenvalue weighted by atomic mass is 16.2. The monoisotopic (exact) mass is 283 g/mol. The lowest BCUT2D eigenvalue weighted by Gasteiger charge is -2.38. The molecule has 4 heterocycles. The standard InChI is InChI=1S/C15H17N5O/c21-15(14-3-1-2-6-16-14)20-11-4-5-12(20)10-13(9-11)19-8-7-17-18-19/h1-3,6-8,11-13H,4-5,9-10H2. The molecule has 2 fully saturated rings. The van der Waals surface area contributed by atoms with Gasteiger partial charge in [0.25, 0.3) is 5.91 Å². The minimum Gasteiger partial charge on any atom is -0.331 e. The van der Waals surface area contributed by atoms with Crippen molar-refractivity contribution in [1.29, 1.82) is 0 Å². The van der Waals surface area contributed by atoms with Crippen LogP contribution < -0.4 is 0 Å². The van der Waals surface area contributed by atoms with Crippen LogP contribution in [-0.2, 0) is 0 Å². The zero-order valence-corrected chi connectivity index (χ0v) is 11.7. The predicted molar refractivity (Wildman–Crippen MR) is 75.5 cm³/mol. The van der Waals surface area contributed by atoms with Crippen molar-refractivity contribution in [2.45, 2.75) is 43.8 Å². The summed E-state index contributed by atoms with van der Waals surface area (Å²) in [6.45, 7) is 0. The molecule has 2 aliphatic heterocycles. The van der Waals surface area contributed by atoms with Crippen molar-refractivity contribution in [3.05, 3.63) is 42.5 Å². The van der Waals surface area contributed by atoms with E-state index in [1.54, 1.807) is 18.5 Å². The van der Waals surface area contributed by atoms with Crippen molar-refractivity contribution in [3.8, 4) is 0 Å². The molecule has 4 rings (SSSR count). The Morgan fingerprint density at radius 3 is 2.52 bits per heavy atom. The summed E-state index contributed by atoms with van der Waals surface area (Å²) in [6.07, 6.45) is 9.38. The van der Waals surface area contributed by atoms with Crippen LogP contribution in [0.3, 0.4) is 0 Å². The van der Waals surface area contributed by atoms with Gasteiger partial charge in [0.05, 0.1) is 12.2 Å². The van der Waals surface area contributed by atoms with E-state index in [1.807, 2.05) is 23.0 Å². The highest BCUT2D eigenvalue weighted by Crippen LogP contribution is 2.41. The average molecular weight is 283 g/mol. The van der Waals surface area contributed by atoms with Crippen LogP contribution in [0.15, 0.2) is 36.8 Å². The summed E-state index contributed by atoms with van der Waals surface area (Å²) in [7, 11) is 0. The second-order valence-corrected chi connectivity index (χ2v) is 5.82. The van der Waals surface area contributed by atoms with Crippen LogP contribution in [0.2, 0.25) is 0 Å². The molecule has 0 N–H and O–H groups in total. The lowest BCUT2D eigenvalue weighted by atomic mass is 9.97. The smallest absolute Gasteiger partial charge is 0.272 e. The predicted octanol–water partition coefficient (Wildman–Crippen LogP) is 1.68. The molecule has 21 heavy (non-hydrogen) atoms. The third-order valence-corrected chi connectivity index (χ3v) is 4.64. The van der Waals surface area contributed by atoms with Gasteiger partial charge in [0.15, 0.2) is 0 Å². The average Bonchev–Trinajstić information content (AvgIpc) is 3.14. The molecule has 2 aromatic heterocycles. The fraction of sp³-hybridized carbons (Fsp3) is 0.467. The number of piperidine rings is 1. The Morgan fingerprint density at radius 2 is 1.90 bits per heavy atom. The van der Waals surface area contributed by atoms with E-state index >= 15 is 0 Å². The van der Waals surface area contributed by atoms with Crippen molar-refractivity contribution in [2.24, 2.45) is 0 Å². The highest BCUT2D eigenvalue weighted by molar-refractivity contribution is 5.93. The largest absolute Gasteiger partial charge is 0.331 e. The molecule has 2 aromatic rings. The molecule has 0 spiro atoms. The first-order chi connectivity index (χ1) is 10.3. The fourth-order valence-corrected chi connectivity index (χ4v) is 3.73. The van der Waals surface area contributed by atoms with E-state index in [0.717, 1.165) is 25.7 Å². The Bertz CT molecular complexity index is 613. The van der Waals surface area contributed by atoms with Crippen LogP contribution in [0.5, 0.6) is 0 Å². The number of hydrogen-bond donors (Lipinski definition) is 0. The number of amides is 1. The summed E-state index contributed by atoms with van der Waals surface area (Å²) in [5.74, 6) is 0.0696. The first-order valence-corrected chi connectivity index (χ1v) is 7.42. The minimum atomic E-state index is 0.0696. The van der Waals surface area contributed by atoms with Gasteiger partial charge in [0, 0.05) is 24.5 Å². The Labute approximate surface area is 122 Å². The van der Waals surface area contributed by atoms with Crippen molar-refractivity contribution in [1.82, 2.24) is 24.9 Å². The summed E-state index contributed by atoms with van der Waals surface area (Å²) in [4.78, 5) is 18.9. The van der Waals surface area contributed by atoms with Gasteiger partial charge in [-0.2, -0.15) is 0 Å². The van der Waals surface area contributed by atoms with E-state index in [1.165, 1.54) is 0 Å². The molecule has 2 bridgehead atoms. The maximum absolute atomic E-state index is 12.7. The molecule has 2 atom stereocenters. The van der Waals surface area contributed by atoms with E-state index in [4.69, 9.17) is 0 Å². The third kappa shape index (κ3) is 2.11. The molecule has 2 unspecified atom stereocenters. The SMILES string of the molecule is O=C(c1ccccn1)N1C2CCC1CC(n1ccnn1)C2. The maximum atomic E-state index is 12.7. The summed E-state index contributed by atoms with van der Waals surface area (Å²) >= 11 is 0. The van der Waals surface area contributed by atoms with Crippen molar-refractivity contribution in [2.75, 3.05) is 0 Å². The lowest BCUT2D eigenvalue weighted by Crippen LogP contribution is -2.47. The zero-order chi connectivity index (χ0) is 14.2. The number of nitrogens with zero attached hydrogens (tertiary/aromatic N) is 5. The van der Waals surface area contributed by atoms with E-state index in [-0.39, 0.29) is 5.91 Å². The van der Waals surface area contributed by atoms with Gasteiger partial charge in [0.1, 0.15) is 5.69 Å². The van der Waals surface area contributed by atoms with Crippen molar-refractivity contribution in [3.63, 3.8) is 0 Å². The maximum Gasteiger partial charge on any atom is 0.272 e. The van der Waals surface area contributed by atoms with Crippen molar-refractivity contribution >= 4 is 5.91 Å². The van der Waals surface area contributed by atoms with Gasteiger partial charge in [-0.3, -0.25) is 9.78 Å². The molecule has 1 amide bonds. The number of fused-ring (bicyclic) bond motifs is 2. The van der Waals surface area contributed by atoms with Crippen LogP contribution in [0.1, 0.15) is 42.2 Å². The first-order valence-electron chi connectivity index (χ1n) is 7.42. The van der Waals surface area contributed by atoms with Crippen LogP contribution >= 0.6 is 0 Å². The van der Waals surface area contributed by atoms with Crippen LogP contribution in [-0.4, -0.2) is 42.9 Å². The Balaban J connectivity index is 1.56. The number of pyridine rings is 1. The van der Waals surface area contributed by atoms with Gasteiger partial charge >= 0.3 is 0 Å². The van der Waals surface area contributed by atoms with Gasteiger partial charge in [0.2, 0.25) is 0 Å². The second-order valence-electron chi connectivity index (χ2n) is 5.82. The van der Waals surface area contributed by atoms with Gasteiger partial charge in [-0.15, -0.1) is 5.10 Å². The molecule has 6 heteroatoms. The molecule has 0 aliphatic carbocycles. The summed E-state index contributed by atoms with van der Waals surface area (Å²) in [6, 6.07) is 6.45. The van der Waals surface area contributed by atoms with Gasteiger partial charge in [-0.05, 0) is 37.8 Å². The molecule has 108 valence electrons. The molecular formula is C15H17N5O. The molecule has 2 aliphatic rings. The number of hydrogen-bond acceptors (Lipinski definition) is 4. The molecule has 0 radical (unpaired) electrons. The summed E-state index contributed by atoms with van der Waals surface area (Å²) in [5, 5.41) is 8.01. The van der Waals surface area contributed by atoms with Crippen LogP contribution in [0.25, 0.3) is 0 Å². The molecule has 0 aromatic carbocycles. The number of carbonyl (C=O) groups excluding carboxylic acids is 1.